The third kappa shape index (κ3) is 4.28. The summed E-state index contributed by atoms with van der Waals surface area (Å²) in [6.07, 6.45) is 7.70. The SMILES string of the molecule is O=C(c1cnc(Nc2ccc(Br)cc2)cn1)N1CCCCCC1. The van der Waals surface area contributed by atoms with Gasteiger partial charge in [0.1, 0.15) is 11.5 Å². The molecular formula is C17H19BrN4O. The highest BCUT2D eigenvalue weighted by Gasteiger charge is 2.18. The van der Waals surface area contributed by atoms with Gasteiger partial charge < -0.3 is 10.2 Å². The molecule has 1 aromatic heterocycles. The molecule has 0 bridgehead atoms. The maximum atomic E-state index is 12.5. The molecule has 3 rings (SSSR count). The second-order valence-electron chi connectivity index (χ2n) is 5.63. The summed E-state index contributed by atoms with van der Waals surface area (Å²) in [4.78, 5) is 22.9. The number of likely N-dealkylation sites (tertiary alicyclic amines) is 1. The summed E-state index contributed by atoms with van der Waals surface area (Å²) in [6.45, 7) is 1.64. The van der Waals surface area contributed by atoms with Gasteiger partial charge in [-0.3, -0.25) is 4.79 Å². The Morgan fingerprint density at radius 1 is 1.00 bits per heavy atom. The second-order valence-corrected chi connectivity index (χ2v) is 6.54. The Kier molecular flexibility index (Phi) is 5.23. The Balaban J connectivity index is 1.66. The van der Waals surface area contributed by atoms with Crippen LogP contribution in [0.1, 0.15) is 36.2 Å². The Morgan fingerprint density at radius 3 is 2.30 bits per heavy atom. The smallest absolute Gasteiger partial charge is 0.274 e. The Labute approximate surface area is 144 Å². The van der Waals surface area contributed by atoms with Crippen LogP contribution in [0.3, 0.4) is 0 Å². The van der Waals surface area contributed by atoms with Gasteiger partial charge in [-0.05, 0) is 37.1 Å². The Bertz CT molecular complexity index is 649. The summed E-state index contributed by atoms with van der Waals surface area (Å²) in [5.41, 5.74) is 1.34. The predicted molar refractivity (Wildman–Crippen MR) is 93.8 cm³/mol. The number of carbonyl (C=O) groups excluding carboxylic acids is 1. The zero-order valence-corrected chi connectivity index (χ0v) is 14.4. The average Bonchev–Trinajstić information content (AvgIpc) is 2.86. The Hall–Kier alpha value is -1.95. The minimum atomic E-state index is -0.0189. The van der Waals surface area contributed by atoms with Gasteiger partial charge in [-0.15, -0.1) is 0 Å². The lowest BCUT2D eigenvalue weighted by molar-refractivity contribution is 0.0755. The molecular weight excluding hydrogens is 356 g/mol. The molecule has 0 saturated carbocycles. The zero-order valence-electron chi connectivity index (χ0n) is 12.8. The number of nitrogens with one attached hydrogen (secondary N) is 1. The quantitative estimate of drug-likeness (QED) is 0.881. The first kappa shape index (κ1) is 15.9. The van der Waals surface area contributed by atoms with E-state index in [1.807, 2.05) is 29.2 Å². The van der Waals surface area contributed by atoms with Gasteiger partial charge in [-0.1, -0.05) is 28.8 Å². The average molecular weight is 375 g/mol. The fourth-order valence-corrected chi connectivity index (χ4v) is 2.88. The van der Waals surface area contributed by atoms with Crippen LogP contribution in [0.4, 0.5) is 11.5 Å². The van der Waals surface area contributed by atoms with E-state index in [-0.39, 0.29) is 5.91 Å². The molecule has 1 amide bonds. The van der Waals surface area contributed by atoms with Crippen molar-refractivity contribution in [2.45, 2.75) is 25.7 Å². The molecule has 0 atom stereocenters. The van der Waals surface area contributed by atoms with E-state index in [1.54, 1.807) is 12.4 Å². The van der Waals surface area contributed by atoms with Crippen LogP contribution in [0.2, 0.25) is 0 Å². The lowest BCUT2D eigenvalue weighted by atomic mass is 10.2. The highest BCUT2D eigenvalue weighted by Crippen LogP contribution is 2.18. The normalized spacial score (nSPS) is 15.1. The molecule has 6 heteroatoms. The van der Waals surface area contributed by atoms with Gasteiger partial charge in [0.2, 0.25) is 0 Å². The van der Waals surface area contributed by atoms with E-state index in [4.69, 9.17) is 0 Å². The van der Waals surface area contributed by atoms with Crippen LogP contribution in [0.5, 0.6) is 0 Å². The third-order valence-electron chi connectivity index (χ3n) is 3.88. The highest BCUT2D eigenvalue weighted by molar-refractivity contribution is 9.10. The van der Waals surface area contributed by atoms with Crippen molar-refractivity contribution in [3.63, 3.8) is 0 Å². The topological polar surface area (TPSA) is 58.1 Å². The highest BCUT2D eigenvalue weighted by atomic mass is 79.9. The Morgan fingerprint density at radius 2 is 1.70 bits per heavy atom. The molecule has 5 nitrogen and oxygen atoms in total. The molecule has 2 aromatic rings. The summed E-state index contributed by atoms with van der Waals surface area (Å²) in [5, 5.41) is 3.17. The number of amides is 1. The van der Waals surface area contributed by atoms with Crippen LogP contribution < -0.4 is 5.32 Å². The van der Waals surface area contributed by atoms with Crippen LogP contribution >= 0.6 is 15.9 Å². The third-order valence-corrected chi connectivity index (χ3v) is 4.41. The largest absolute Gasteiger partial charge is 0.339 e. The van der Waals surface area contributed by atoms with Gasteiger partial charge >= 0.3 is 0 Å². The standard InChI is InChI=1S/C17H19BrN4O/c18-13-5-7-14(8-6-13)21-16-12-19-15(11-20-16)17(23)22-9-3-1-2-4-10-22/h5-8,11-12H,1-4,9-10H2,(H,20,21). The van der Waals surface area contributed by atoms with E-state index < -0.39 is 0 Å². The molecule has 0 aliphatic carbocycles. The number of rotatable bonds is 3. The van der Waals surface area contributed by atoms with E-state index in [1.165, 1.54) is 12.8 Å². The number of hydrogen-bond donors (Lipinski definition) is 1. The fraction of sp³-hybridized carbons (Fsp3) is 0.353. The number of anilines is 2. The maximum absolute atomic E-state index is 12.5. The minimum absolute atomic E-state index is 0.0189. The van der Waals surface area contributed by atoms with Gasteiger partial charge in [0.15, 0.2) is 0 Å². The number of carbonyl (C=O) groups is 1. The summed E-state index contributed by atoms with van der Waals surface area (Å²) in [5.74, 6) is 0.606. The zero-order chi connectivity index (χ0) is 16.1. The van der Waals surface area contributed by atoms with Crippen molar-refractivity contribution in [3.8, 4) is 0 Å². The van der Waals surface area contributed by atoms with Crippen LogP contribution in [0, 0.1) is 0 Å². The molecule has 1 aromatic carbocycles. The van der Waals surface area contributed by atoms with Crippen molar-refractivity contribution in [2.75, 3.05) is 18.4 Å². The van der Waals surface area contributed by atoms with Crippen molar-refractivity contribution in [1.29, 1.82) is 0 Å². The molecule has 0 radical (unpaired) electrons. The van der Waals surface area contributed by atoms with E-state index in [0.717, 1.165) is 36.1 Å². The second kappa shape index (κ2) is 7.55. The monoisotopic (exact) mass is 374 g/mol. The first-order chi connectivity index (χ1) is 11.2. The molecule has 0 spiro atoms. The molecule has 0 unspecified atom stereocenters. The van der Waals surface area contributed by atoms with Gasteiger partial charge in [0.05, 0.1) is 12.4 Å². The van der Waals surface area contributed by atoms with Gasteiger partial charge in [-0.2, -0.15) is 0 Å². The van der Waals surface area contributed by atoms with E-state index in [2.05, 4.69) is 31.2 Å². The van der Waals surface area contributed by atoms with Crippen molar-refractivity contribution in [2.24, 2.45) is 0 Å². The van der Waals surface area contributed by atoms with Crippen molar-refractivity contribution < 1.29 is 4.79 Å². The molecule has 1 saturated heterocycles. The molecule has 120 valence electrons. The van der Waals surface area contributed by atoms with Gasteiger partial charge in [0, 0.05) is 23.2 Å². The number of hydrogen-bond acceptors (Lipinski definition) is 4. The van der Waals surface area contributed by atoms with E-state index >= 15 is 0 Å². The van der Waals surface area contributed by atoms with Crippen LogP contribution in [0.25, 0.3) is 0 Å². The molecule has 1 aliphatic heterocycles. The van der Waals surface area contributed by atoms with E-state index in [0.29, 0.717) is 11.5 Å². The minimum Gasteiger partial charge on any atom is -0.339 e. The number of halogens is 1. The predicted octanol–water partition coefficient (Wildman–Crippen LogP) is 4.00. The van der Waals surface area contributed by atoms with Gasteiger partial charge in [0.25, 0.3) is 5.91 Å². The lowest BCUT2D eigenvalue weighted by Crippen LogP contribution is -2.32. The molecule has 2 heterocycles. The van der Waals surface area contributed by atoms with Gasteiger partial charge in [-0.25, -0.2) is 9.97 Å². The number of benzene rings is 1. The fourth-order valence-electron chi connectivity index (χ4n) is 2.62. The molecule has 1 aliphatic rings. The van der Waals surface area contributed by atoms with Crippen LogP contribution in [0.15, 0.2) is 41.1 Å². The van der Waals surface area contributed by atoms with Crippen molar-refractivity contribution in [1.82, 2.24) is 14.9 Å². The summed E-state index contributed by atoms with van der Waals surface area (Å²) in [7, 11) is 0. The summed E-state index contributed by atoms with van der Waals surface area (Å²) in [6, 6.07) is 7.80. The number of aromatic nitrogens is 2. The van der Waals surface area contributed by atoms with Crippen molar-refractivity contribution in [3.05, 3.63) is 46.8 Å². The lowest BCUT2D eigenvalue weighted by Gasteiger charge is -2.19. The molecule has 23 heavy (non-hydrogen) atoms. The first-order valence-electron chi connectivity index (χ1n) is 7.86. The van der Waals surface area contributed by atoms with Crippen LogP contribution in [-0.2, 0) is 0 Å². The van der Waals surface area contributed by atoms with E-state index in [9.17, 15) is 4.79 Å². The summed E-state index contributed by atoms with van der Waals surface area (Å²) >= 11 is 3.40. The van der Waals surface area contributed by atoms with Crippen molar-refractivity contribution >= 4 is 33.3 Å². The molecule has 1 N–H and O–H groups in total. The number of nitrogens with zero attached hydrogens (tertiary/aromatic N) is 3. The molecule has 1 fully saturated rings. The maximum Gasteiger partial charge on any atom is 0.274 e. The van der Waals surface area contributed by atoms with Crippen LogP contribution in [-0.4, -0.2) is 33.9 Å². The summed E-state index contributed by atoms with van der Waals surface area (Å²) < 4.78 is 1.02. The first-order valence-corrected chi connectivity index (χ1v) is 8.65.